The number of nitrogens with two attached hydrogens (primary N) is 1. The smallest absolute Gasteiger partial charge is 0.323 e. The van der Waals surface area contributed by atoms with Crippen molar-refractivity contribution in [3.63, 3.8) is 0 Å². The van der Waals surface area contributed by atoms with Gasteiger partial charge in [0.2, 0.25) is 5.91 Å². The van der Waals surface area contributed by atoms with Gasteiger partial charge in [-0.25, -0.2) is 4.79 Å². The van der Waals surface area contributed by atoms with Crippen LogP contribution in [0.25, 0.3) is 6.08 Å². The zero-order valence-corrected chi connectivity index (χ0v) is 22.4. The second kappa shape index (κ2) is 11.7. The number of para-hydroxylation sites is 1. The van der Waals surface area contributed by atoms with Crippen LogP contribution in [0.4, 0.5) is 10.5 Å². The third-order valence-corrected chi connectivity index (χ3v) is 8.01. The van der Waals surface area contributed by atoms with E-state index < -0.39 is 35.9 Å². The molecule has 1 aliphatic heterocycles. The van der Waals surface area contributed by atoms with E-state index in [4.69, 9.17) is 17.3 Å². The maximum absolute atomic E-state index is 14.1. The average Bonchev–Trinajstić information content (AvgIpc) is 3.60. The molecule has 0 aliphatic carbocycles. The molecule has 1 aromatic heterocycles. The number of anilines is 1. The Bertz CT molecular complexity index is 1470. The molecule has 1 aliphatic rings. The lowest BCUT2D eigenvalue weighted by Crippen LogP contribution is -2.50. The van der Waals surface area contributed by atoms with Crippen molar-refractivity contribution in [3.05, 3.63) is 130 Å². The minimum atomic E-state index is -1.09. The van der Waals surface area contributed by atoms with Crippen LogP contribution >= 0.6 is 22.9 Å². The molecule has 0 bridgehead atoms. The number of nitrogens with zero attached hydrogens (tertiary/aromatic N) is 1. The first-order chi connectivity index (χ1) is 18.9. The Morgan fingerprint density at radius 3 is 2.15 bits per heavy atom. The topological polar surface area (TPSA) is 92.5 Å². The molecule has 3 N–H and O–H groups in total. The van der Waals surface area contributed by atoms with Crippen LogP contribution in [0.1, 0.15) is 26.7 Å². The van der Waals surface area contributed by atoms with Gasteiger partial charge in [0.05, 0.1) is 16.8 Å². The first-order valence-electron chi connectivity index (χ1n) is 12.4. The number of nitrogens with one attached hydrogen (secondary N) is 1. The molecule has 1 fully saturated rings. The Labute approximate surface area is 235 Å². The van der Waals surface area contributed by atoms with Crippen molar-refractivity contribution in [1.82, 2.24) is 4.90 Å². The number of rotatable bonds is 7. The molecule has 5 rings (SSSR count). The van der Waals surface area contributed by atoms with E-state index in [2.05, 4.69) is 5.32 Å². The summed E-state index contributed by atoms with van der Waals surface area (Å²) in [6, 6.07) is 26.7. The van der Waals surface area contributed by atoms with Gasteiger partial charge in [-0.1, -0.05) is 90.5 Å². The predicted octanol–water partition coefficient (Wildman–Crippen LogP) is 6.47. The highest BCUT2D eigenvalue weighted by Gasteiger charge is 2.55. The largest absolute Gasteiger partial charge is 0.368 e. The molecule has 4 atom stereocenters. The van der Waals surface area contributed by atoms with Crippen LogP contribution in [0.5, 0.6) is 0 Å². The molecular weight excluding hydrogens is 530 g/mol. The number of amides is 3. The number of primary amides is 1. The SMILES string of the molecule is NC(=O)C1C(c2ccc(Cl)cc2)C(C(=O)c2cccs2)C(C=Cc2ccccc2)N1C(=O)Nc1ccccc1. The fraction of sp³-hybridized carbons (Fsp3) is 0.129. The second-order valence-corrected chi connectivity index (χ2v) is 10.6. The van der Waals surface area contributed by atoms with Gasteiger partial charge in [-0.15, -0.1) is 11.3 Å². The number of benzene rings is 3. The lowest BCUT2D eigenvalue weighted by atomic mass is 9.78. The summed E-state index contributed by atoms with van der Waals surface area (Å²) in [5, 5.41) is 5.24. The molecule has 3 amide bonds. The quantitative estimate of drug-likeness (QED) is 0.256. The standard InChI is InChI=1S/C31H26ClN3O3S/c32-22-16-14-21(15-17-22)26-27(29(36)25-12-7-19-39-25)24(18-13-20-8-3-1-4-9-20)35(28(26)30(33)37)31(38)34-23-10-5-2-6-11-23/h1-19,24,26-28H,(H2,33,37)(H,34,38). The third-order valence-electron chi connectivity index (χ3n) is 6.87. The van der Waals surface area contributed by atoms with Gasteiger partial charge in [-0.3, -0.25) is 9.59 Å². The summed E-state index contributed by atoms with van der Waals surface area (Å²) >= 11 is 7.50. The van der Waals surface area contributed by atoms with Gasteiger partial charge in [0, 0.05) is 16.6 Å². The van der Waals surface area contributed by atoms with Gasteiger partial charge in [0.25, 0.3) is 0 Å². The maximum atomic E-state index is 14.1. The summed E-state index contributed by atoms with van der Waals surface area (Å²) in [5.41, 5.74) is 8.17. The van der Waals surface area contributed by atoms with E-state index in [1.54, 1.807) is 54.6 Å². The fourth-order valence-electron chi connectivity index (χ4n) is 5.19. The number of ketones is 1. The number of urea groups is 1. The van der Waals surface area contributed by atoms with Crippen molar-refractivity contribution < 1.29 is 14.4 Å². The van der Waals surface area contributed by atoms with E-state index in [0.29, 0.717) is 21.2 Å². The minimum Gasteiger partial charge on any atom is -0.368 e. The van der Waals surface area contributed by atoms with Crippen LogP contribution in [-0.2, 0) is 4.79 Å². The molecule has 196 valence electrons. The maximum Gasteiger partial charge on any atom is 0.323 e. The number of carbonyl (C=O) groups excluding carboxylic acids is 3. The number of thiophene rings is 1. The van der Waals surface area contributed by atoms with E-state index in [1.807, 2.05) is 60.0 Å². The molecule has 4 aromatic rings. The lowest BCUT2D eigenvalue weighted by Gasteiger charge is -2.29. The van der Waals surface area contributed by atoms with Crippen molar-refractivity contribution in [2.75, 3.05) is 5.32 Å². The van der Waals surface area contributed by atoms with E-state index >= 15 is 0 Å². The number of Topliss-reactive ketones (excluding diaryl/α,β-unsaturated/α-hetero) is 1. The Balaban J connectivity index is 1.67. The lowest BCUT2D eigenvalue weighted by molar-refractivity contribution is -0.122. The number of likely N-dealkylation sites (tertiary alicyclic amines) is 1. The molecule has 2 heterocycles. The van der Waals surface area contributed by atoms with Crippen molar-refractivity contribution in [2.45, 2.75) is 18.0 Å². The molecule has 4 unspecified atom stereocenters. The molecule has 1 saturated heterocycles. The summed E-state index contributed by atoms with van der Waals surface area (Å²) in [6.45, 7) is 0. The first kappa shape index (κ1) is 26.4. The molecule has 0 saturated carbocycles. The minimum absolute atomic E-state index is 0.158. The highest BCUT2D eigenvalue weighted by molar-refractivity contribution is 7.12. The van der Waals surface area contributed by atoms with Gasteiger partial charge in [0.1, 0.15) is 6.04 Å². The molecule has 39 heavy (non-hydrogen) atoms. The van der Waals surface area contributed by atoms with Crippen LogP contribution < -0.4 is 11.1 Å². The highest BCUT2D eigenvalue weighted by atomic mass is 35.5. The zero-order chi connectivity index (χ0) is 27.4. The van der Waals surface area contributed by atoms with Gasteiger partial charge in [-0.05, 0) is 46.8 Å². The molecular formula is C31H26ClN3O3S. The van der Waals surface area contributed by atoms with E-state index in [0.717, 1.165) is 5.56 Å². The van der Waals surface area contributed by atoms with Crippen LogP contribution in [0.15, 0.2) is 109 Å². The zero-order valence-electron chi connectivity index (χ0n) is 20.8. The molecule has 0 spiro atoms. The number of hydrogen-bond donors (Lipinski definition) is 2. The summed E-state index contributed by atoms with van der Waals surface area (Å²) < 4.78 is 0. The fourth-order valence-corrected chi connectivity index (χ4v) is 6.03. The van der Waals surface area contributed by atoms with Gasteiger partial charge in [-0.2, -0.15) is 0 Å². The van der Waals surface area contributed by atoms with Crippen LogP contribution in [0.2, 0.25) is 5.02 Å². The van der Waals surface area contributed by atoms with E-state index in [-0.39, 0.29) is 5.78 Å². The predicted molar refractivity (Wildman–Crippen MR) is 156 cm³/mol. The Hall–Kier alpha value is -4.20. The summed E-state index contributed by atoms with van der Waals surface area (Å²) in [7, 11) is 0. The molecule has 6 nitrogen and oxygen atoms in total. The van der Waals surface area contributed by atoms with Crippen molar-refractivity contribution in [3.8, 4) is 0 Å². The summed E-state index contributed by atoms with van der Waals surface area (Å²) in [5.74, 6) is -2.32. The molecule has 8 heteroatoms. The number of carbonyl (C=O) groups is 3. The van der Waals surface area contributed by atoms with Crippen molar-refractivity contribution >= 4 is 52.4 Å². The highest BCUT2D eigenvalue weighted by Crippen LogP contribution is 2.45. The summed E-state index contributed by atoms with van der Waals surface area (Å²) in [4.78, 5) is 43.1. The van der Waals surface area contributed by atoms with Crippen molar-refractivity contribution in [1.29, 1.82) is 0 Å². The Kier molecular flexibility index (Phi) is 7.91. The van der Waals surface area contributed by atoms with Gasteiger partial charge < -0.3 is 16.0 Å². The van der Waals surface area contributed by atoms with Gasteiger partial charge >= 0.3 is 6.03 Å². The van der Waals surface area contributed by atoms with Crippen LogP contribution in [0.3, 0.4) is 0 Å². The van der Waals surface area contributed by atoms with Crippen molar-refractivity contribution in [2.24, 2.45) is 11.7 Å². The molecule has 3 aromatic carbocycles. The monoisotopic (exact) mass is 555 g/mol. The number of hydrogen-bond acceptors (Lipinski definition) is 4. The normalized spacial score (nSPS) is 20.7. The van der Waals surface area contributed by atoms with Gasteiger partial charge in [0.15, 0.2) is 5.78 Å². The van der Waals surface area contributed by atoms with Crippen LogP contribution in [-0.4, -0.2) is 34.7 Å². The number of halogens is 1. The first-order valence-corrected chi connectivity index (χ1v) is 13.7. The van der Waals surface area contributed by atoms with E-state index in [1.165, 1.54) is 16.2 Å². The third kappa shape index (κ3) is 5.65. The molecule has 0 radical (unpaired) electrons. The van der Waals surface area contributed by atoms with Crippen LogP contribution in [0, 0.1) is 5.92 Å². The average molecular weight is 556 g/mol. The second-order valence-electron chi connectivity index (χ2n) is 9.26. The Morgan fingerprint density at radius 2 is 1.54 bits per heavy atom. The van der Waals surface area contributed by atoms with E-state index in [9.17, 15) is 14.4 Å². The summed E-state index contributed by atoms with van der Waals surface area (Å²) in [6.07, 6.45) is 3.69. The Morgan fingerprint density at radius 1 is 0.872 bits per heavy atom.